The summed E-state index contributed by atoms with van der Waals surface area (Å²) in [4.78, 5) is 31.5. The normalized spacial score (nSPS) is 21.1. The zero-order valence-corrected chi connectivity index (χ0v) is 20.7. The third kappa shape index (κ3) is 3.36. The predicted octanol–water partition coefficient (Wildman–Crippen LogP) is 4.31. The number of H-pyrrole nitrogens is 1. The smallest absolute Gasteiger partial charge is 0.258 e. The van der Waals surface area contributed by atoms with Crippen LogP contribution in [0, 0.1) is 5.82 Å². The van der Waals surface area contributed by atoms with Crippen molar-refractivity contribution in [1.82, 2.24) is 30.2 Å². The predicted molar refractivity (Wildman–Crippen MR) is 131 cm³/mol. The van der Waals surface area contributed by atoms with Crippen molar-refractivity contribution >= 4 is 17.5 Å². The summed E-state index contributed by atoms with van der Waals surface area (Å²) >= 11 is 6.22. The van der Waals surface area contributed by atoms with E-state index < -0.39 is 5.82 Å². The summed E-state index contributed by atoms with van der Waals surface area (Å²) in [6.45, 7) is 4.18. The van der Waals surface area contributed by atoms with Gasteiger partial charge in [-0.1, -0.05) is 13.3 Å². The van der Waals surface area contributed by atoms with E-state index in [4.69, 9.17) is 16.3 Å². The number of aryl methyl sites for hydroxylation is 1. The van der Waals surface area contributed by atoms with Gasteiger partial charge in [0, 0.05) is 55.5 Å². The quantitative estimate of drug-likeness (QED) is 0.512. The molecule has 0 spiro atoms. The van der Waals surface area contributed by atoms with Gasteiger partial charge in [-0.2, -0.15) is 4.98 Å². The van der Waals surface area contributed by atoms with Crippen LogP contribution in [-0.2, 0) is 25.8 Å². The van der Waals surface area contributed by atoms with Crippen LogP contribution in [0.5, 0.6) is 11.8 Å². The number of fused-ring (bicyclic) bond motifs is 6. The van der Waals surface area contributed by atoms with E-state index in [2.05, 4.69) is 30.2 Å². The van der Waals surface area contributed by atoms with Gasteiger partial charge in [0.2, 0.25) is 11.2 Å². The second kappa shape index (κ2) is 8.24. The van der Waals surface area contributed by atoms with Crippen LogP contribution in [-0.4, -0.2) is 49.9 Å². The summed E-state index contributed by atoms with van der Waals surface area (Å²) in [5.74, 6) is -0.427. The molecule has 4 aliphatic rings. The molecular weight excluding hydrogens is 483 g/mol. The number of hydrogen-bond acceptors (Lipinski definition) is 6. The van der Waals surface area contributed by atoms with Crippen molar-refractivity contribution in [2.75, 3.05) is 13.1 Å². The number of pyridine rings is 1. The molecule has 1 amide bonds. The highest BCUT2D eigenvalue weighted by molar-refractivity contribution is 6.28. The molecule has 3 aromatic heterocycles. The van der Waals surface area contributed by atoms with Crippen LogP contribution in [0.1, 0.15) is 70.5 Å². The summed E-state index contributed by atoms with van der Waals surface area (Å²) in [5, 5.41) is 3.02. The van der Waals surface area contributed by atoms with Gasteiger partial charge in [0.05, 0.1) is 22.5 Å². The van der Waals surface area contributed by atoms with Gasteiger partial charge >= 0.3 is 0 Å². The lowest BCUT2D eigenvalue weighted by atomic mass is 9.87. The van der Waals surface area contributed by atoms with Crippen LogP contribution >= 0.6 is 11.6 Å². The molecule has 0 aromatic carbocycles. The van der Waals surface area contributed by atoms with E-state index in [0.717, 1.165) is 41.0 Å². The van der Waals surface area contributed by atoms with Gasteiger partial charge in [-0.3, -0.25) is 9.69 Å². The van der Waals surface area contributed by atoms with Crippen LogP contribution < -0.4 is 10.1 Å². The van der Waals surface area contributed by atoms with Crippen molar-refractivity contribution in [3.05, 3.63) is 50.9 Å². The molecule has 5 heterocycles. The van der Waals surface area contributed by atoms with Gasteiger partial charge in [0.25, 0.3) is 11.8 Å². The van der Waals surface area contributed by atoms with E-state index in [0.29, 0.717) is 48.8 Å². The van der Waals surface area contributed by atoms with Crippen LogP contribution in [0.3, 0.4) is 0 Å². The Bertz CT molecular complexity index is 1420. The lowest BCUT2D eigenvalue weighted by Gasteiger charge is -2.40. The van der Waals surface area contributed by atoms with Crippen LogP contribution in [0.4, 0.5) is 4.39 Å². The first-order chi connectivity index (χ1) is 17.5. The maximum absolute atomic E-state index is 16.1. The van der Waals surface area contributed by atoms with Gasteiger partial charge < -0.3 is 15.0 Å². The molecule has 1 saturated carbocycles. The average molecular weight is 509 g/mol. The lowest BCUT2D eigenvalue weighted by molar-refractivity contribution is 0.0940. The minimum absolute atomic E-state index is 0.0820. The monoisotopic (exact) mass is 508 g/mol. The maximum Gasteiger partial charge on any atom is 0.258 e. The molecule has 186 valence electrons. The van der Waals surface area contributed by atoms with Crippen LogP contribution in [0.2, 0.25) is 5.28 Å². The molecule has 0 bridgehead atoms. The molecule has 7 rings (SSSR count). The van der Waals surface area contributed by atoms with Crippen molar-refractivity contribution in [3.63, 3.8) is 0 Å². The highest BCUT2D eigenvalue weighted by Crippen LogP contribution is 2.43. The summed E-state index contributed by atoms with van der Waals surface area (Å²) in [6, 6.07) is 0.567. The molecule has 1 fully saturated rings. The second-order valence-corrected chi connectivity index (χ2v) is 10.6. The maximum atomic E-state index is 16.1. The summed E-state index contributed by atoms with van der Waals surface area (Å²) < 4.78 is 22.1. The van der Waals surface area contributed by atoms with Crippen molar-refractivity contribution in [2.24, 2.45) is 0 Å². The molecule has 1 atom stereocenters. The number of ether oxygens (including phenoxy) is 1. The van der Waals surface area contributed by atoms with Crippen molar-refractivity contribution in [2.45, 2.75) is 64.0 Å². The zero-order valence-electron chi connectivity index (χ0n) is 20.0. The van der Waals surface area contributed by atoms with Crippen molar-refractivity contribution in [1.29, 1.82) is 0 Å². The van der Waals surface area contributed by atoms with Crippen LogP contribution in [0.15, 0.2) is 6.20 Å². The Morgan fingerprint density at radius 2 is 2.00 bits per heavy atom. The van der Waals surface area contributed by atoms with E-state index in [1.807, 2.05) is 6.92 Å². The fourth-order valence-corrected chi connectivity index (χ4v) is 6.18. The highest BCUT2D eigenvalue weighted by atomic mass is 35.5. The minimum Gasteiger partial charge on any atom is -0.417 e. The van der Waals surface area contributed by atoms with Crippen molar-refractivity contribution < 1.29 is 13.9 Å². The third-order valence-corrected chi connectivity index (χ3v) is 8.36. The van der Waals surface area contributed by atoms with Gasteiger partial charge in [-0.05, 0) is 48.4 Å². The number of hydrogen-bond donors (Lipinski definition) is 2. The second-order valence-electron chi connectivity index (χ2n) is 10.3. The average Bonchev–Trinajstić information content (AvgIpc) is 3.23. The minimum atomic E-state index is -0.560. The fourth-order valence-electron chi connectivity index (χ4n) is 6.00. The van der Waals surface area contributed by atoms with E-state index in [9.17, 15) is 4.79 Å². The van der Waals surface area contributed by atoms with Gasteiger partial charge in [0.15, 0.2) is 5.82 Å². The van der Waals surface area contributed by atoms with Crippen LogP contribution in [0.25, 0.3) is 11.3 Å². The number of amides is 1. The Hall–Kier alpha value is -3.04. The first kappa shape index (κ1) is 22.2. The highest BCUT2D eigenvalue weighted by Gasteiger charge is 2.35. The molecule has 2 N–H and O–H groups in total. The summed E-state index contributed by atoms with van der Waals surface area (Å²) in [7, 11) is 0. The molecule has 0 saturated heterocycles. The molecule has 2 aliphatic carbocycles. The number of halogens is 2. The fraction of sp³-hybridized carbons (Fsp3) is 0.462. The lowest BCUT2D eigenvalue weighted by Crippen LogP contribution is -2.43. The number of carbonyl (C=O) groups is 1. The number of aromatic nitrogens is 4. The van der Waals surface area contributed by atoms with Gasteiger partial charge in [-0.15, -0.1) is 0 Å². The molecule has 0 unspecified atom stereocenters. The first-order valence-electron chi connectivity index (χ1n) is 12.7. The third-order valence-electron chi connectivity index (χ3n) is 8.19. The Labute approximate surface area is 212 Å². The number of nitrogens with one attached hydrogen (secondary N) is 2. The van der Waals surface area contributed by atoms with Gasteiger partial charge in [-0.25, -0.2) is 14.4 Å². The molecule has 0 radical (unpaired) electrons. The molecule has 8 nitrogen and oxygen atoms in total. The van der Waals surface area contributed by atoms with E-state index >= 15 is 4.39 Å². The van der Waals surface area contributed by atoms with E-state index in [1.54, 1.807) is 6.20 Å². The molecule has 2 aliphatic heterocycles. The van der Waals surface area contributed by atoms with Gasteiger partial charge in [0.1, 0.15) is 0 Å². The standard InChI is InChI=1S/C26H26ClFN6O2/c1-12-9-29-23(35)19-15-6-5-13-10-30-25(20(28)18(13)22(15)32-21(12)19)36-24-16-11-34(14-3-2-4-14)8-7-17(16)31-26(27)33-24/h10,12,14,32H,2-9,11H2,1H3,(H,29,35)/t12-/m1/s1. The first-order valence-corrected chi connectivity index (χ1v) is 13.0. The Morgan fingerprint density at radius 1 is 1.14 bits per heavy atom. The number of aromatic amines is 1. The zero-order chi connectivity index (χ0) is 24.6. The SMILES string of the molecule is C[C@@H]1CNC(=O)c2c1[nH]c1c2CCc2cnc(Oc3nc(Cl)nc4c3CN(C3CCC3)CC4)c(F)c2-1. The molecule has 10 heteroatoms. The number of carbonyl (C=O) groups excluding carboxylic acids is 1. The molecular formula is C26H26ClFN6O2. The Kier molecular flexibility index (Phi) is 5.08. The van der Waals surface area contributed by atoms with Crippen molar-refractivity contribution in [3.8, 4) is 23.0 Å². The van der Waals surface area contributed by atoms with E-state index in [1.165, 1.54) is 19.3 Å². The summed E-state index contributed by atoms with van der Waals surface area (Å²) in [5.41, 5.74) is 5.92. The molecule has 36 heavy (non-hydrogen) atoms. The summed E-state index contributed by atoms with van der Waals surface area (Å²) in [6.07, 6.45) is 7.31. The van der Waals surface area contributed by atoms with E-state index in [-0.39, 0.29) is 28.9 Å². The number of rotatable bonds is 3. The Morgan fingerprint density at radius 3 is 2.81 bits per heavy atom. The Balaban J connectivity index is 1.29. The number of nitrogens with zero attached hydrogens (tertiary/aromatic N) is 4. The topological polar surface area (TPSA) is 96.0 Å². The molecule has 3 aromatic rings. The largest absolute Gasteiger partial charge is 0.417 e.